The van der Waals surface area contributed by atoms with Gasteiger partial charge in [0.1, 0.15) is 0 Å². The molecule has 0 aliphatic heterocycles. The van der Waals surface area contributed by atoms with Gasteiger partial charge in [-0.15, -0.1) is 0 Å². The highest BCUT2D eigenvalue weighted by atomic mass is 16.3. The molecule has 0 radical (unpaired) electrons. The third-order valence-corrected chi connectivity index (χ3v) is 3.25. The first-order valence-electron chi connectivity index (χ1n) is 3.97. The zero-order valence-corrected chi connectivity index (χ0v) is 7.39. The lowest BCUT2D eigenvalue weighted by atomic mass is 9.58. The van der Waals surface area contributed by atoms with Crippen LogP contribution >= 0.6 is 0 Å². The van der Waals surface area contributed by atoms with Crippen LogP contribution in [0.25, 0.3) is 0 Å². The standard InChI is InChI=1S/C9H16O2/c1-6-7(2)9(3,5-11)8(6)4-10/h8,10-11H,4-5H2,1-3H3. The molecule has 0 fully saturated rings. The maximum Gasteiger partial charge on any atom is 0.0528 e. The third kappa shape index (κ3) is 0.932. The Morgan fingerprint density at radius 3 is 2.18 bits per heavy atom. The summed E-state index contributed by atoms with van der Waals surface area (Å²) < 4.78 is 0. The normalized spacial score (nSPS) is 37.4. The summed E-state index contributed by atoms with van der Waals surface area (Å²) in [5, 5.41) is 18.1. The zero-order chi connectivity index (χ0) is 8.65. The number of aliphatic hydroxyl groups is 2. The van der Waals surface area contributed by atoms with Gasteiger partial charge < -0.3 is 10.2 Å². The second-order valence-electron chi connectivity index (χ2n) is 3.62. The van der Waals surface area contributed by atoms with Crippen LogP contribution in [0.15, 0.2) is 11.1 Å². The Labute approximate surface area is 67.6 Å². The molecule has 0 aromatic carbocycles. The number of aliphatic hydroxyl groups excluding tert-OH is 2. The van der Waals surface area contributed by atoms with Gasteiger partial charge in [0.05, 0.1) is 13.2 Å². The molecule has 2 nitrogen and oxygen atoms in total. The fourth-order valence-corrected chi connectivity index (χ4v) is 1.94. The largest absolute Gasteiger partial charge is 0.396 e. The van der Waals surface area contributed by atoms with Gasteiger partial charge in [-0.25, -0.2) is 0 Å². The van der Waals surface area contributed by atoms with Crippen molar-refractivity contribution in [1.29, 1.82) is 0 Å². The molecular weight excluding hydrogens is 140 g/mol. The van der Waals surface area contributed by atoms with E-state index in [2.05, 4.69) is 0 Å². The second-order valence-corrected chi connectivity index (χ2v) is 3.62. The van der Waals surface area contributed by atoms with Gasteiger partial charge in [-0.1, -0.05) is 18.1 Å². The van der Waals surface area contributed by atoms with Gasteiger partial charge in [0.15, 0.2) is 0 Å². The summed E-state index contributed by atoms with van der Waals surface area (Å²) in [6.45, 7) is 6.34. The summed E-state index contributed by atoms with van der Waals surface area (Å²) in [6, 6.07) is 0. The van der Waals surface area contributed by atoms with Crippen LogP contribution in [-0.4, -0.2) is 23.4 Å². The summed E-state index contributed by atoms with van der Waals surface area (Å²) in [5.41, 5.74) is 2.32. The van der Waals surface area contributed by atoms with Crippen molar-refractivity contribution < 1.29 is 10.2 Å². The Morgan fingerprint density at radius 2 is 1.91 bits per heavy atom. The van der Waals surface area contributed by atoms with E-state index < -0.39 is 0 Å². The Hall–Kier alpha value is -0.340. The number of hydrogen-bond acceptors (Lipinski definition) is 2. The molecule has 2 atom stereocenters. The lowest BCUT2D eigenvalue weighted by molar-refractivity contribution is 0.0605. The fourth-order valence-electron chi connectivity index (χ4n) is 1.94. The summed E-state index contributed by atoms with van der Waals surface area (Å²) in [4.78, 5) is 0. The van der Waals surface area contributed by atoms with E-state index in [0.717, 1.165) is 0 Å². The third-order valence-electron chi connectivity index (χ3n) is 3.25. The average molecular weight is 156 g/mol. The number of rotatable bonds is 2. The Kier molecular flexibility index (Phi) is 2.08. The molecule has 0 spiro atoms. The summed E-state index contributed by atoms with van der Waals surface area (Å²) in [6.07, 6.45) is 0. The smallest absolute Gasteiger partial charge is 0.0528 e. The Balaban J connectivity index is 2.87. The molecule has 1 aliphatic carbocycles. The maximum absolute atomic E-state index is 9.09. The topological polar surface area (TPSA) is 40.5 Å². The van der Waals surface area contributed by atoms with E-state index >= 15 is 0 Å². The first kappa shape index (κ1) is 8.75. The van der Waals surface area contributed by atoms with Crippen LogP contribution in [0.5, 0.6) is 0 Å². The molecule has 2 unspecified atom stereocenters. The Bertz CT molecular complexity index is 196. The van der Waals surface area contributed by atoms with Gasteiger partial charge in [0.25, 0.3) is 0 Å². The molecule has 0 aromatic heterocycles. The van der Waals surface area contributed by atoms with Gasteiger partial charge in [-0.3, -0.25) is 0 Å². The molecule has 0 bridgehead atoms. The molecule has 1 rings (SSSR count). The van der Waals surface area contributed by atoms with E-state index in [1.807, 2.05) is 20.8 Å². The Morgan fingerprint density at radius 1 is 1.36 bits per heavy atom. The molecule has 2 N–H and O–H groups in total. The first-order valence-corrected chi connectivity index (χ1v) is 3.97. The van der Waals surface area contributed by atoms with Crippen molar-refractivity contribution in [2.75, 3.05) is 13.2 Å². The van der Waals surface area contributed by atoms with E-state index in [-0.39, 0.29) is 24.5 Å². The SMILES string of the molecule is CC1=C(C)C(C)(CO)C1CO. The van der Waals surface area contributed by atoms with Crippen LogP contribution < -0.4 is 0 Å². The molecule has 2 heteroatoms. The molecule has 64 valence electrons. The van der Waals surface area contributed by atoms with Crippen LogP contribution in [0.3, 0.4) is 0 Å². The van der Waals surface area contributed by atoms with E-state index in [1.165, 1.54) is 11.1 Å². The molecule has 1 aliphatic rings. The quantitative estimate of drug-likeness (QED) is 0.584. The van der Waals surface area contributed by atoms with Crippen LogP contribution in [0.2, 0.25) is 0 Å². The van der Waals surface area contributed by atoms with E-state index in [9.17, 15) is 0 Å². The summed E-state index contributed by atoms with van der Waals surface area (Å²) in [5.74, 6) is 0.174. The van der Waals surface area contributed by atoms with E-state index in [4.69, 9.17) is 10.2 Å². The van der Waals surface area contributed by atoms with Crippen LogP contribution in [0, 0.1) is 11.3 Å². The van der Waals surface area contributed by atoms with E-state index in [0.29, 0.717) is 0 Å². The minimum absolute atomic E-state index is 0.140. The fraction of sp³-hybridized carbons (Fsp3) is 0.778. The minimum Gasteiger partial charge on any atom is -0.396 e. The van der Waals surface area contributed by atoms with Crippen molar-refractivity contribution in [2.24, 2.45) is 11.3 Å². The monoisotopic (exact) mass is 156 g/mol. The van der Waals surface area contributed by atoms with Crippen molar-refractivity contribution in [3.8, 4) is 0 Å². The molecule has 0 saturated heterocycles. The molecule has 11 heavy (non-hydrogen) atoms. The highest BCUT2D eigenvalue weighted by Crippen LogP contribution is 2.50. The van der Waals surface area contributed by atoms with Crippen LogP contribution in [0.4, 0.5) is 0 Å². The summed E-state index contributed by atoms with van der Waals surface area (Å²) >= 11 is 0. The van der Waals surface area contributed by atoms with Crippen molar-refractivity contribution in [3.05, 3.63) is 11.1 Å². The predicted molar refractivity (Wildman–Crippen MR) is 44.1 cm³/mol. The second kappa shape index (κ2) is 2.61. The molecule has 0 heterocycles. The molecule has 0 amide bonds. The lowest BCUT2D eigenvalue weighted by Gasteiger charge is -2.47. The first-order chi connectivity index (χ1) is 5.07. The van der Waals surface area contributed by atoms with Crippen LogP contribution in [0.1, 0.15) is 20.8 Å². The average Bonchev–Trinajstić information content (AvgIpc) is 2.04. The van der Waals surface area contributed by atoms with Gasteiger partial charge >= 0.3 is 0 Å². The molecule has 0 saturated carbocycles. The van der Waals surface area contributed by atoms with Crippen LogP contribution in [-0.2, 0) is 0 Å². The van der Waals surface area contributed by atoms with E-state index in [1.54, 1.807) is 0 Å². The highest BCUT2D eigenvalue weighted by molar-refractivity contribution is 5.35. The van der Waals surface area contributed by atoms with Gasteiger partial charge in [-0.05, 0) is 13.8 Å². The van der Waals surface area contributed by atoms with Crippen molar-refractivity contribution in [2.45, 2.75) is 20.8 Å². The molecular formula is C9H16O2. The summed E-state index contributed by atoms with van der Waals surface area (Å²) in [7, 11) is 0. The highest BCUT2D eigenvalue weighted by Gasteiger charge is 2.45. The zero-order valence-electron chi connectivity index (χ0n) is 7.39. The predicted octanol–water partition coefficient (Wildman–Crippen LogP) is 0.944. The van der Waals surface area contributed by atoms with Crippen molar-refractivity contribution in [3.63, 3.8) is 0 Å². The minimum atomic E-state index is -0.154. The van der Waals surface area contributed by atoms with Crippen molar-refractivity contribution >= 4 is 0 Å². The van der Waals surface area contributed by atoms with Crippen molar-refractivity contribution in [1.82, 2.24) is 0 Å². The van der Waals surface area contributed by atoms with Gasteiger partial charge in [0, 0.05) is 11.3 Å². The maximum atomic E-state index is 9.09. The molecule has 0 aromatic rings. The lowest BCUT2D eigenvalue weighted by Crippen LogP contribution is -2.44. The van der Waals surface area contributed by atoms with Gasteiger partial charge in [-0.2, -0.15) is 0 Å². The number of hydrogen-bond donors (Lipinski definition) is 2. The van der Waals surface area contributed by atoms with Gasteiger partial charge in [0.2, 0.25) is 0 Å².